The smallest absolute Gasteiger partial charge is 0.180 e. The van der Waals surface area contributed by atoms with Crippen LogP contribution in [0.2, 0.25) is 5.02 Å². The molecule has 0 heterocycles. The maximum absolute atomic E-state index is 7.44. The maximum atomic E-state index is 7.44. The lowest BCUT2D eigenvalue weighted by Crippen LogP contribution is -2.04. The molecule has 0 unspecified atom stereocenters. The van der Waals surface area contributed by atoms with E-state index in [-0.39, 0.29) is 12.4 Å². The lowest BCUT2D eigenvalue weighted by atomic mass is 10.1. The quantitative estimate of drug-likeness (QED) is 0.639. The fourth-order valence-corrected chi connectivity index (χ4v) is 1.43. The molecule has 0 radical (unpaired) electrons. The van der Waals surface area contributed by atoms with E-state index in [0.29, 0.717) is 18.9 Å². The summed E-state index contributed by atoms with van der Waals surface area (Å²) in [6, 6.07) is 7.69. The van der Waals surface area contributed by atoms with Gasteiger partial charge in [-0.15, -0.1) is 12.4 Å². The summed E-state index contributed by atoms with van der Waals surface area (Å²) in [4.78, 5) is 0. The van der Waals surface area contributed by atoms with Crippen LogP contribution in [0.5, 0.6) is 0 Å². The molecule has 1 aromatic carbocycles. The van der Waals surface area contributed by atoms with Crippen molar-refractivity contribution in [1.82, 2.24) is 0 Å². The van der Waals surface area contributed by atoms with E-state index in [1.165, 1.54) is 0 Å². The molecule has 0 aliphatic heterocycles. The van der Waals surface area contributed by atoms with Crippen LogP contribution >= 0.6 is 24.0 Å². The number of aryl methyl sites for hydroxylation is 1. The molecule has 1 rings (SSSR count). The van der Waals surface area contributed by atoms with Crippen molar-refractivity contribution in [2.45, 2.75) is 19.8 Å². The normalized spacial score (nSPS) is 9.20. The van der Waals surface area contributed by atoms with Gasteiger partial charge in [0.1, 0.15) is 0 Å². The molecule has 0 fully saturated rings. The third-order valence-electron chi connectivity index (χ3n) is 1.90. The highest BCUT2D eigenvalue weighted by Gasteiger charge is 2.01. The number of nitrogens with one attached hydrogen (secondary N) is 1. The summed E-state index contributed by atoms with van der Waals surface area (Å²) < 4.78 is 5.04. The Labute approximate surface area is 102 Å². The van der Waals surface area contributed by atoms with Crippen molar-refractivity contribution in [3.05, 3.63) is 34.9 Å². The molecular formula is C11H15Cl2NO. The predicted molar refractivity (Wildman–Crippen MR) is 66.4 cm³/mol. The Balaban J connectivity index is 0.00000196. The summed E-state index contributed by atoms with van der Waals surface area (Å²) in [5.74, 6) is 0.326. The molecule has 15 heavy (non-hydrogen) atoms. The molecule has 0 aliphatic carbocycles. The Morgan fingerprint density at radius 3 is 2.67 bits per heavy atom. The molecule has 0 saturated heterocycles. The SMILES string of the molecule is CCOC(=N)CCc1ccccc1Cl.Cl. The fraction of sp³-hybridized carbons (Fsp3) is 0.364. The molecule has 84 valence electrons. The lowest BCUT2D eigenvalue weighted by Gasteiger charge is -2.05. The average molecular weight is 248 g/mol. The summed E-state index contributed by atoms with van der Waals surface area (Å²) in [5, 5.41) is 8.20. The molecule has 0 spiro atoms. The highest BCUT2D eigenvalue weighted by Crippen LogP contribution is 2.16. The monoisotopic (exact) mass is 247 g/mol. The van der Waals surface area contributed by atoms with Gasteiger partial charge in [-0.3, -0.25) is 5.41 Å². The first-order chi connectivity index (χ1) is 6.74. The van der Waals surface area contributed by atoms with Crippen molar-refractivity contribution < 1.29 is 4.74 Å². The van der Waals surface area contributed by atoms with Crippen LogP contribution in [0.1, 0.15) is 18.9 Å². The average Bonchev–Trinajstić information content (AvgIpc) is 2.17. The first-order valence-electron chi connectivity index (χ1n) is 4.67. The fourth-order valence-electron chi connectivity index (χ4n) is 1.20. The van der Waals surface area contributed by atoms with Gasteiger partial charge in [0.2, 0.25) is 0 Å². The second kappa shape index (κ2) is 7.55. The van der Waals surface area contributed by atoms with E-state index < -0.39 is 0 Å². The molecule has 1 N–H and O–H groups in total. The van der Waals surface area contributed by atoms with E-state index in [9.17, 15) is 0 Å². The first kappa shape index (κ1) is 14.3. The van der Waals surface area contributed by atoms with Gasteiger partial charge in [-0.05, 0) is 25.0 Å². The minimum Gasteiger partial charge on any atom is -0.481 e. The van der Waals surface area contributed by atoms with Crippen LogP contribution in [0.4, 0.5) is 0 Å². The second-order valence-electron chi connectivity index (χ2n) is 2.95. The van der Waals surface area contributed by atoms with Crippen LogP contribution in [0.3, 0.4) is 0 Å². The minimum atomic E-state index is 0. The zero-order chi connectivity index (χ0) is 10.4. The summed E-state index contributed by atoms with van der Waals surface area (Å²) in [7, 11) is 0. The van der Waals surface area contributed by atoms with E-state index in [0.717, 1.165) is 17.0 Å². The Morgan fingerprint density at radius 1 is 1.40 bits per heavy atom. The lowest BCUT2D eigenvalue weighted by molar-refractivity contribution is 0.314. The van der Waals surface area contributed by atoms with E-state index in [2.05, 4.69) is 0 Å². The van der Waals surface area contributed by atoms with Gasteiger partial charge in [-0.2, -0.15) is 0 Å². The van der Waals surface area contributed by atoms with Gasteiger partial charge in [0.15, 0.2) is 5.90 Å². The van der Waals surface area contributed by atoms with Crippen molar-refractivity contribution in [2.75, 3.05) is 6.61 Å². The van der Waals surface area contributed by atoms with Crippen molar-refractivity contribution in [3.63, 3.8) is 0 Å². The van der Waals surface area contributed by atoms with Crippen LogP contribution in [0, 0.1) is 5.41 Å². The molecule has 1 aromatic rings. The zero-order valence-electron chi connectivity index (χ0n) is 8.63. The number of benzene rings is 1. The van der Waals surface area contributed by atoms with E-state index in [1.54, 1.807) is 0 Å². The van der Waals surface area contributed by atoms with Crippen molar-refractivity contribution in [1.29, 1.82) is 5.41 Å². The van der Waals surface area contributed by atoms with Gasteiger partial charge in [-0.1, -0.05) is 29.8 Å². The van der Waals surface area contributed by atoms with Crippen molar-refractivity contribution >= 4 is 29.9 Å². The molecule has 0 saturated carbocycles. The summed E-state index contributed by atoms with van der Waals surface area (Å²) in [6.07, 6.45) is 1.37. The van der Waals surface area contributed by atoms with Gasteiger partial charge >= 0.3 is 0 Å². The van der Waals surface area contributed by atoms with Crippen molar-refractivity contribution in [2.24, 2.45) is 0 Å². The molecule has 2 nitrogen and oxygen atoms in total. The number of hydrogen-bond donors (Lipinski definition) is 1. The Hall–Kier alpha value is -0.730. The van der Waals surface area contributed by atoms with Crippen LogP contribution in [-0.2, 0) is 11.2 Å². The molecule has 0 atom stereocenters. The summed E-state index contributed by atoms with van der Waals surface area (Å²) >= 11 is 5.97. The van der Waals surface area contributed by atoms with Crippen LogP contribution in [0.25, 0.3) is 0 Å². The van der Waals surface area contributed by atoms with Gasteiger partial charge in [0.25, 0.3) is 0 Å². The van der Waals surface area contributed by atoms with E-state index in [1.807, 2.05) is 31.2 Å². The summed E-state index contributed by atoms with van der Waals surface area (Å²) in [5.41, 5.74) is 1.07. The van der Waals surface area contributed by atoms with E-state index >= 15 is 0 Å². The highest BCUT2D eigenvalue weighted by atomic mass is 35.5. The number of hydrogen-bond acceptors (Lipinski definition) is 2. The van der Waals surface area contributed by atoms with Gasteiger partial charge in [0.05, 0.1) is 6.61 Å². The first-order valence-corrected chi connectivity index (χ1v) is 5.05. The second-order valence-corrected chi connectivity index (χ2v) is 3.35. The molecule has 4 heteroatoms. The van der Waals surface area contributed by atoms with Crippen LogP contribution in [-0.4, -0.2) is 12.5 Å². The maximum Gasteiger partial charge on any atom is 0.180 e. The number of rotatable bonds is 4. The zero-order valence-corrected chi connectivity index (χ0v) is 10.2. The third-order valence-corrected chi connectivity index (χ3v) is 2.27. The van der Waals surface area contributed by atoms with Gasteiger partial charge in [0, 0.05) is 11.4 Å². The van der Waals surface area contributed by atoms with Crippen LogP contribution in [0.15, 0.2) is 24.3 Å². The Morgan fingerprint density at radius 2 is 2.07 bits per heavy atom. The molecule has 0 bridgehead atoms. The third kappa shape index (κ3) is 5.05. The molecule has 0 amide bonds. The molecule has 0 aliphatic rings. The standard InChI is InChI=1S/C11H14ClNO.ClH/c1-2-14-11(13)8-7-9-5-3-4-6-10(9)12;/h3-6,13H,2,7-8H2,1H3;1H. The minimum absolute atomic E-state index is 0. The van der Waals surface area contributed by atoms with Gasteiger partial charge < -0.3 is 4.74 Å². The molecular weight excluding hydrogens is 233 g/mol. The predicted octanol–water partition coefficient (Wildman–Crippen LogP) is 3.71. The number of ether oxygens (including phenoxy) is 1. The largest absolute Gasteiger partial charge is 0.481 e. The Kier molecular flexibility index (Phi) is 7.18. The van der Waals surface area contributed by atoms with E-state index in [4.69, 9.17) is 21.7 Å². The molecule has 0 aromatic heterocycles. The van der Waals surface area contributed by atoms with Gasteiger partial charge in [-0.25, -0.2) is 0 Å². The van der Waals surface area contributed by atoms with Crippen molar-refractivity contribution in [3.8, 4) is 0 Å². The number of halogens is 2. The summed E-state index contributed by atoms with van der Waals surface area (Å²) in [6.45, 7) is 2.44. The topological polar surface area (TPSA) is 33.1 Å². The van der Waals surface area contributed by atoms with Crippen LogP contribution < -0.4 is 0 Å². The Bertz CT molecular complexity index is 315. The highest BCUT2D eigenvalue weighted by molar-refractivity contribution is 6.31.